The first kappa shape index (κ1) is 14.7. The van der Waals surface area contributed by atoms with Gasteiger partial charge < -0.3 is 15.9 Å². The van der Waals surface area contributed by atoms with Crippen molar-refractivity contribution in [3.05, 3.63) is 23.8 Å². The summed E-state index contributed by atoms with van der Waals surface area (Å²) in [4.78, 5) is 11.7. The highest BCUT2D eigenvalue weighted by Crippen LogP contribution is 2.25. The molecule has 0 amide bonds. The second-order valence-electron chi connectivity index (χ2n) is 3.84. The molecule has 0 radical (unpaired) electrons. The molecule has 1 aromatic rings. The highest BCUT2D eigenvalue weighted by Gasteiger charge is 2.19. The standard InChI is InChI=1S/C11H15NO3.ClH/c1-6(2)10(12)11(15)7-3-4-8(13)9(14)5-7;/h3-6,10,13-14H,12H2,1-2H3;1H. The number of rotatable bonds is 3. The van der Waals surface area contributed by atoms with Crippen molar-refractivity contribution in [3.8, 4) is 11.5 Å². The first-order valence-corrected chi connectivity index (χ1v) is 4.75. The molecule has 0 bridgehead atoms. The lowest BCUT2D eigenvalue weighted by molar-refractivity contribution is 0.0940. The van der Waals surface area contributed by atoms with E-state index < -0.39 is 6.04 Å². The number of hydrogen-bond donors (Lipinski definition) is 3. The van der Waals surface area contributed by atoms with Crippen molar-refractivity contribution in [3.63, 3.8) is 0 Å². The molecular formula is C11H16ClNO3. The summed E-state index contributed by atoms with van der Waals surface area (Å²) in [5.41, 5.74) is 6.00. The highest BCUT2D eigenvalue weighted by molar-refractivity contribution is 6.00. The van der Waals surface area contributed by atoms with Gasteiger partial charge in [-0.1, -0.05) is 13.8 Å². The fraction of sp³-hybridized carbons (Fsp3) is 0.364. The third-order valence-electron chi connectivity index (χ3n) is 2.28. The van der Waals surface area contributed by atoms with Crippen molar-refractivity contribution in [1.82, 2.24) is 0 Å². The Morgan fingerprint density at radius 1 is 1.25 bits per heavy atom. The molecule has 0 saturated carbocycles. The minimum atomic E-state index is -0.589. The molecule has 5 heteroatoms. The number of aromatic hydroxyl groups is 2. The molecule has 1 atom stereocenters. The normalized spacial score (nSPS) is 12.0. The van der Waals surface area contributed by atoms with Crippen LogP contribution in [0.4, 0.5) is 0 Å². The number of hydrogen-bond acceptors (Lipinski definition) is 4. The van der Waals surface area contributed by atoms with Gasteiger partial charge in [-0.2, -0.15) is 0 Å². The lowest BCUT2D eigenvalue weighted by Gasteiger charge is -2.14. The number of phenolic OH excluding ortho intramolecular Hbond substituents is 2. The minimum Gasteiger partial charge on any atom is -0.504 e. The molecule has 0 aromatic heterocycles. The van der Waals surface area contributed by atoms with E-state index in [1.165, 1.54) is 18.2 Å². The molecule has 1 unspecified atom stereocenters. The number of carbonyl (C=O) groups excluding carboxylic acids is 1. The number of benzene rings is 1. The Labute approximate surface area is 100 Å². The Bertz CT molecular complexity index is 379. The molecule has 90 valence electrons. The first-order valence-electron chi connectivity index (χ1n) is 4.75. The van der Waals surface area contributed by atoms with Gasteiger partial charge in [0.25, 0.3) is 0 Å². The third-order valence-corrected chi connectivity index (χ3v) is 2.28. The monoisotopic (exact) mass is 245 g/mol. The summed E-state index contributed by atoms with van der Waals surface area (Å²) in [7, 11) is 0. The summed E-state index contributed by atoms with van der Waals surface area (Å²) in [6, 6.07) is 3.35. The van der Waals surface area contributed by atoms with E-state index in [4.69, 9.17) is 10.8 Å². The van der Waals surface area contributed by atoms with Crippen molar-refractivity contribution in [1.29, 1.82) is 0 Å². The Morgan fingerprint density at radius 2 is 1.81 bits per heavy atom. The predicted octanol–water partition coefficient (Wildman–Crippen LogP) is 1.69. The van der Waals surface area contributed by atoms with E-state index in [1.54, 1.807) is 0 Å². The van der Waals surface area contributed by atoms with Crippen molar-refractivity contribution in [2.75, 3.05) is 0 Å². The zero-order valence-electron chi connectivity index (χ0n) is 9.18. The van der Waals surface area contributed by atoms with Gasteiger partial charge in [-0.3, -0.25) is 4.79 Å². The van der Waals surface area contributed by atoms with E-state index in [2.05, 4.69) is 0 Å². The molecule has 0 saturated heterocycles. The van der Waals surface area contributed by atoms with Crippen LogP contribution < -0.4 is 5.73 Å². The SMILES string of the molecule is CC(C)C(N)C(=O)c1ccc(O)c(O)c1.Cl. The molecule has 0 aliphatic heterocycles. The number of ketones is 1. The van der Waals surface area contributed by atoms with E-state index in [0.717, 1.165) is 0 Å². The van der Waals surface area contributed by atoms with Gasteiger partial charge in [-0.15, -0.1) is 12.4 Å². The molecule has 16 heavy (non-hydrogen) atoms. The number of phenols is 2. The molecule has 0 aliphatic carbocycles. The molecule has 4 nitrogen and oxygen atoms in total. The molecular weight excluding hydrogens is 230 g/mol. The van der Waals surface area contributed by atoms with Gasteiger partial charge in [-0.25, -0.2) is 0 Å². The molecule has 0 aliphatic rings. The van der Waals surface area contributed by atoms with Gasteiger partial charge in [-0.05, 0) is 24.1 Å². The van der Waals surface area contributed by atoms with Crippen LogP contribution in [-0.4, -0.2) is 22.0 Å². The average Bonchev–Trinajstić information content (AvgIpc) is 2.19. The second kappa shape index (κ2) is 5.72. The second-order valence-corrected chi connectivity index (χ2v) is 3.84. The van der Waals surface area contributed by atoms with Crippen LogP contribution in [-0.2, 0) is 0 Å². The first-order chi connectivity index (χ1) is 6.93. The van der Waals surface area contributed by atoms with Crippen LogP contribution in [0.2, 0.25) is 0 Å². The van der Waals surface area contributed by atoms with Crippen LogP contribution >= 0.6 is 12.4 Å². The van der Waals surface area contributed by atoms with Gasteiger partial charge in [0.1, 0.15) is 0 Å². The van der Waals surface area contributed by atoms with Crippen LogP contribution in [0.3, 0.4) is 0 Å². The van der Waals surface area contributed by atoms with Crippen molar-refractivity contribution in [2.24, 2.45) is 11.7 Å². The number of Topliss-reactive ketones (excluding diaryl/α,β-unsaturated/α-hetero) is 1. The maximum atomic E-state index is 11.7. The third kappa shape index (κ3) is 3.12. The fourth-order valence-electron chi connectivity index (χ4n) is 1.17. The summed E-state index contributed by atoms with van der Waals surface area (Å²) in [5, 5.41) is 18.3. The molecule has 1 rings (SSSR count). The van der Waals surface area contributed by atoms with Crippen molar-refractivity contribution < 1.29 is 15.0 Å². The molecule has 0 spiro atoms. The van der Waals surface area contributed by atoms with Crippen LogP contribution in [0.1, 0.15) is 24.2 Å². The van der Waals surface area contributed by atoms with E-state index in [0.29, 0.717) is 5.56 Å². The van der Waals surface area contributed by atoms with Crippen molar-refractivity contribution in [2.45, 2.75) is 19.9 Å². The summed E-state index contributed by atoms with van der Waals surface area (Å²) in [6.07, 6.45) is 0. The number of carbonyl (C=O) groups is 1. The molecule has 4 N–H and O–H groups in total. The maximum Gasteiger partial charge on any atom is 0.179 e. The van der Waals surface area contributed by atoms with E-state index in [9.17, 15) is 9.90 Å². The van der Waals surface area contributed by atoms with Crippen LogP contribution in [0.15, 0.2) is 18.2 Å². The quantitative estimate of drug-likeness (QED) is 0.559. The van der Waals surface area contributed by atoms with Crippen LogP contribution in [0.5, 0.6) is 11.5 Å². The Hall–Kier alpha value is -1.26. The summed E-state index contributed by atoms with van der Waals surface area (Å²) in [6.45, 7) is 3.70. The summed E-state index contributed by atoms with van der Waals surface area (Å²) in [5.74, 6) is -0.754. The lowest BCUT2D eigenvalue weighted by Crippen LogP contribution is -2.35. The smallest absolute Gasteiger partial charge is 0.179 e. The van der Waals surface area contributed by atoms with E-state index >= 15 is 0 Å². The van der Waals surface area contributed by atoms with Gasteiger partial charge in [0.2, 0.25) is 0 Å². The minimum absolute atomic E-state index is 0. The zero-order chi connectivity index (χ0) is 11.6. The van der Waals surface area contributed by atoms with E-state index in [1.807, 2.05) is 13.8 Å². The Morgan fingerprint density at radius 3 is 2.25 bits per heavy atom. The maximum absolute atomic E-state index is 11.7. The molecule has 0 fully saturated rings. The van der Waals surface area contributed by atoms with E-state index in [-0.39, 0.29) is 35.6 Å². The van der Waals surface area contributed by atoms with Gasteiger partial charge in [0.05, 0.1) is 6.04 Å². The Kier molecular flexibility index (Phi) is 5.27. The number of halogens is 1. The average molecular weight is 246 g/mol. The summed E-state index contributed by atoms with van der Waals surface area (Å²) >= 11 is 0. The van der Waals surface area contributed by atoms with Gasteiger partial charge >= 0.3 is 0 Å². The zero-order valence-corrected chi connectivity index (χ0v) is 9.99. The molecule has 1 aromatic carbocycles. The van der Waals surface area contributed by atoms with Crippen LogP contribution in [0.25, 0.3) is 0 Å². The number of nitrogens with two attached hydrogens (primary N) is 1. The Balaban J connectivity index is 0.00000225. The van der Waals surface area contributed by atoms with Gasteiger partial charge in [0, 0.05) is 5.56 Å². The molecule has 0 heterocycles. The fourth-order valence-corrected chi connectivity index (χ4v) is 1.17. The topological polar surface area (TPSA) is 83.6 Å². The largest absolute Gasteiger partial charge is 0.504 e. The van der Waals surface area contributed by atoms with Crippen LogP contribution in [0, 0.1) is 5.92 Å². The summed E-state index contributed by atoms with van der Waals surface area (Å²) < 4.78 is 0. The highest BCUT2D eigenvalue weighted by atomic mass is 35.5. The lowest BCUT2D eigenvalue weighted by atomic mass is 9.96. The van der Waals surface area contributed by atoms with Gasteiger partial charge in [0.15, 0.2) is 17.3 Å². The predicted molar refractivity (Wildman–Crippen MR) is 64.2 cm³/mol. The van der Waals surface area contributed by atoms with Crippen molar-refractivity contribution >= 4 is 18.2 Å².